The minimum absolute atomic E-state index is 0.236. The molecule has 0 bridgehead atoms. The van der Waals surface area contributed by atoms with Crippen molar-refractivity contribution in [1.29, 1.82) is 0 Å². The Labute approximate surface area is 119 Å². The average Bonchev–Trinajstić information content (AvgIpc) is 2.50. The van der Waals surface area contributed by atoms with Gasteiger partial charge >= 0.3 is 6.09 Å². The van der Waals surface area contributed by atoms with Crippen LogP contribution in [0, 0.1) is 5.41 Å². The molecule has 2 saturated heterocycles. The standard InChI is InChI=1S/C15H21N3O2/c19-14(20-13-1-7-16-8-2-13)18-11-5-15(6-12-18)3-9-17-10-4-15/h1-2,7-8,17H,3-6,9-12H2. The number of likely N-dealkylation sites (tertiary alicyclic amines) is 1. The first-order valence-corrected chi connectivity index (χ1v) is 7.35. The van der Waals surface area contributed by atoms with Crippen molar-refractivity contribution in [3.63, 3.8) is 0 Å². The van der Waals surface area contributed by atoms with E-state index in [-0.39, 0.29) is 6.09 Å². The summed E-state index contributed by atoms with van der Waals surface area (Å²) in [6.07, 6.45) is 7.69. The molecule has 1 spiro atoms. The van der Waals surface area contributed by atoms with E-state index >= 15 is 0 Å². The molecule has 5 heteroatoms. The van der Waals surface area contributed by atoms with Gasteiger partial charge in [0.25, 0.3) is 0 Å². The number of hydrogen-bond donors (Lipinski definition) is 1. The summed E-state index contributed by atoms with van der Waals surface area (Å²) < 4.78 is 5.36. The highest BCUT2D eigenvalue weighted by atomic mass is 16.6. The predicted octanol–water partition coefficient (Wildman–Crippen LogP) is 2.05. The van der Waals surface area contributed by atoms with Crippen molar-refractivity contribution in [2.75, 3.05) is 26.2 Å². The van der Waals surface area contributed by atoms with Gasteiger partial charge in [0.15, 0.2) is 0 Å². The molecular formula is C15H21N3O2. The summed E-state index contributed by atoms with van der Waals surface area (Å²) in [4.78, 5) is 17.8. The lowest BCUT2D eigenvalue weighted by Gasteiger charge is -2.44. The van der Waals surface area contributed by atoms with Crippen molar-refractivity contribution >= 4 is 6.09 Å². The first-order valence-electron chi connectivity index (χ1n) is 7.35. The molecule has 0 radical (unpaired) electrons. The van der Waals surface area contributed by atoms with Crippen LogP contribution in [0.25, 0.3) is 0 Å². The van der Waals surface area contributed by atoms with Crippen LogP contribution in [0.1, 0.15) is 25.7 Å². The summed E-state index contributed by atoms with van der Waals surface area (Å²) in [6.45, 7) is 3.84. The molecular weight excluding hydrogens is 254 g/mol. The summed E-state index contributed by atoms with van der Waals surface area (Å²) >= 11 is 0. The summed E-state index contributed by atoms with van der Waals surface area (Å²) in [5.74, 6) is 0.562. The van der Waals surface area contributed by atoms with Crippen LogP contribution in [0.5, 0.6) is 5.75 Å². The first kappa shape index (κ1) is 13.4. The van der Waals surface area contributed by atoms with Gasteiger partial charge in [-0.25, -0.2) is 4.79 Å². The number of nitrogens with zero attached hydrogens (tertiary/aromatic N) is 2. The van der Waals surface area contributed by atoms with Crippen LogP contribution in [0.2, 0.25) is 0 Å². The Kier molecular flexibility index (Phi) is 3.87. The molecule has 5 nitrogen and oxygen atoms in total. The quantitative estimate of drug-likeness (QED) is 0.852. The van der Waals surface area contributed by atoms with Crippen molar-refractivity contribution in [2.24, 2.45) is 5.41 Å². The van der Waals surface area contributed by atoms with Gasteiger partial charge in [0, 0.05) is 25.5 Å². The van der Waals surface area contributed by atoms with E-state index in [0.29, 0.717) is 11.2 Å². The highest BCUT2D eigenvalue weighted by Crippen LogP contribution is 2.39. The number of nitrogens with one attached hydrogen (secondary N) is 1. The van der Waals surface area contributed by atoms with Crippen molar-refractivity contribution in [1.82, 2.24) is 15.2 Å². The number of piperidine rings is 2. The van der Waals surface area contributed by atoms with Gasteiger partial charge in [0.05, 0.1) is 0 Å². The van der Waals surface area contributed by atoms with Crippen LogP contribution < -0.4 is 10.1 Å². The molecule has 2 aliphatic rings. The molecule has 3 rings (SSSR count). The predicted molar refractivity (Wildman–Crippen MR) is 75.6 cm³/mol. The van der Waals surface area contributed by atoms with Crippen LogP contribution in [0.15, 0.2) is 24.5 Å². The molecule has 20 heavy (non-hydrogen) atoms. The lowest BCUT2D eigenvalue weighted by molar-refractivity contribution is 0.0723. The Morgan fingerprint density at radius 2 is 1.80 bits per heavy atom. The van der Waals surface area contributed by atoms with E-state index in [1.54, 1.807) is 24.5 Å². The van der Waals surface area contributed by atoms with Crippen LogP contribution in [-0.2, 0) is 0 Å². The fourth-order valence-electron chi connectivity index (χ4n) is 3.19. The third-order valence-corrected chi connectivity index (χ3v) is 4.60. The van der Waals surface area contributed by atoms with Gasteiger partial charge in [-0.2, -0.15) is 0 Å². The third-order valence-electron chi connectivity index (χ3n) is 4.60. The number of pyridine rings is 1. The lowest BCUT2D eigenvalue weighted by Crippen LogP contribution is -2.47. The summed E-state index contributed by atoms with van der Waals surface area (Å²) in [5, 5.41) is 3.41. The number of ether oxygens (including phenoxy) is 1. The summed E-state index contributed by atoms with van der Waals surface area (Å²) in [6, 6.07) is 3.41. The molecule has 0 atom stereocenters. The molecule has 1 N–H and O–H groups in total. The van der Waals surface area contributed by atoms with Crippen LogP contribution in [0.4, 0.5) is 4.79 Å². The second-order valence-electron chi connectivity index (χ2n) is 5.79. The molecule has 3 heterocycles. The number of aromatic nitrogens is 1. The van der Waals surface area contributed by atoms with Gasteiger partial charge in [0.2, 0.25) is 0 Å². The third kappa shape index (κ3) is 2.93. The van der Waals surface area contributed by atoms with Crippen LogP contribution >= 0.6 is 0 Å². The second kappa shape index (κ2) is 5.79. The molecule has 0 saturated carbocycles. The fraction of sp³-hybridized carbons (Fsp3) is 0.600. The molecule has 108 valence electrons. The maximum Gasteiger partial charge on any atom is 0.415 e. The maximum absolute atomic E-state index is 12.1. The number of carbonyl (C=O) groups excluding carboxylic acids is 1. The smallest absolute Gasteiger partial charge is 0.410 e. The second-order valence-corrected chi connectivity index (χ2v) is 5.79. The van der Waals surface area contributed by atoms with Gasteiger partial charge in [-0.05, 0) is 56.3 Å². The first-order chi connectivity index (χ1) is 9.77. The van der Waals surface area contributed by atoms with E-state index in [9.17, 15) is 4.79 Å². The largest absolute Gasteiger partial charge is 0.415 e. The Morgan fingerprint density at radius 1 is 1.15 bits per heavy atom. The molecule has 2 fully saturated rings. The Bertz CT molecular complexity index is 447. The molecule has 2 aliphatic heterocycles. The van der Waals surface area contributed by atoms with Gasteiger partial charge in [-0.3, -0.25) is 4.98 Å². The number of amides is 1. The van der Waals surface area contributed by atoms with E-state index in [1.807, 2.05) is 4.90 Å². The topological polar surface area (TPSA) is 54.5 Å². The van der Waals surface area contributed by atoms with E-state index < -0.39 is 0 Å². The van der Waals surface area contributed by atoms with Crippen molar-refractivity contribution in [2.45, 2.75) is 25.7 Å². The molecule has 1 amide bonds. The number of carbonyl (C=O) groups is 1. The molecule has 1 aromatic rings. The van der Waals surface area contributed by atoms with E-state index in [0.717, 1.165) is 39.0 Å². The zero-order valence-corrected chi connectivity index (χ0v) is 11.7. The summed E-state index contributed by atoms with van der Waals surface area (Å²) in [7, 11) is 0. The number of rotatable bonds is 1. The van der Waals surface area contributed by atoms with E-state index in [4.69, 9.17) is 4.74 Å². The highest BCUT2D eigenvalue weighted by molar-refractivity contribution is 5.70. The SMILES string of the molecule is O=C(Oc1ccncc1)N1CCC2(CCNCC2)CC1. The molecule has 0 aromatic carbocycles. The Balaban J connectivity index is 1.54. The van der Waals surface area contributed by atoms with Crippen LogP contribution in [-0.4, -0.2) is 42.2 Å². The lowest BCUT2D eigenvalue weighted by atomic mass is 9.72. The normalized spacial score (nSPS) is 21.7. The fourth-order valence-corrected chi connectivity index (χ4v) is 3.19. The Hall–Kier alpha value is -1.62. The van der Waals surface area contributed by atoms with Crippen molar-refractivity contribution in [3.05, 3.63) is 24.5 Å². The minimum atomic E-state index is -0.236. The van der Waals surface area contributed by atoms with E-state index in [1.165, 1.54) is 12.8 Å². The molecule has 0 aliphatic carbocycles. The van der Waals surface area contributed by atoms with E-state index in [2.05, 4.69) is 10.3 Å². The minimum Gasteiger partial charge on any atom is -0.410 e. The zero-order chi connectivity index (χ0) is 13.8. The van der Waals surface area contributed by atoms with Crippen molar-refractivity contribution < 1.29 is 9.53 Å². The molecule has 0 unspecified atom stereocenters. The molecule has 1 aromatic heterocycles. The number of hydrogen-bond acceptors (Lipinski definition) is 4. The van der Waals surface area contributed by atoms with Gasteiger partial charge in [-0.15, -0.1) is 0 Å². The average molecular weight is 275 g/mol. The zero-order valence-electron chi connectivity index (χ0n) is 11.7. The van der Waals surface area contributed by atoms with Crippen molar-refractivity contribution in [3.8, 4) is 5.75 Å². The highest BCUT2D eigenvalue weighted by Gasteiger charge is 2.37. The van der Waals surface area contributed by atoms with Crippen LogP contribution in [0.3, 0.4) is 0 Å². The maximum atomic E-state index is 12.1. The Morgan fingerprint density at radius 3 is 2.45 bits per heavy atom. The summed E-state index contributed by atoms with van der Waals surface area (Å²) in [5.41, 5.74) is 0.457. The van der Waals surface area contributed by atoms with Gasteiger partial charge < -0.3 is 15.0 Å². The monoisotopic (exact) mass is 275 g/mol. The van der Waals surface area contributed by atoms with Gasteiger partial charge in [-0.1, -0.05) is 0 Å². The van der Waals surface area contributed by atoms with Gasteiger partial charge in [0.1, 0.15) is 5.75 Å².